The van der Waals surface area contributed by atoms with Crippen LogP contribution in [0.2, 0.25) is 0 Å². The largest absolute Gasteiger partial charge is 0.478 e. The van der Waals surface area contributed by atoms with Gasteiger partial charge in [0.15, 0.2) is 0 Å². The highest BCUT2D eigenvalue weighted by atomic mass is 16.5. The molecule has 0 aromatic carbocycles. The molecule has 11 heavy (non-hydrogen) atoms. The molecule has 0 radical (unpaired) electrons. The van der Waals surface area contributed by atoms with Gasteiger partial charge in [-0.2, -0.15) is 0 Å². The van der Waals surface area contributed by atoms with Gasteiger partial charge in [0.2, 0.25) is 0 Å². The molecule has 0 amide bonds. The maximum Gasteiger partial charge on any atom is 0.331 e. The highest BCUT2D eigenvalue weighted by molar-refractivity contribution is 5.87. The van der Waals surface area contributed by atoms with Gasteiger partial charge in [-0.05, 0) is 25.8 Å². The molecule has 1 N–H and O–H groups in total. The molecule has 1 heterocycles. The minimum atomic E-state index is -0.836. The number of ether oxygens (including phenoxy) is 1. The van der Waals surface area contributed by atoms with Gasteiger partial charge in [0.05, 0.1) is 12.7 Å². The van der Waals surface area contributed by atoms with Crippen molar-refractivity contribution in [1.82, 2.24) is 0 Å². The van der Waals surface area contributed by atoms with Gasteiger partial charge in [-0.3, -0.25) is 0 Å². The van der Waals surface area contributed by atoms with Crippen molar-refractivity contribution >= 4 is 5.97 Å². The molecule has 0 saturated carbocycles. The normalized spacial score (nSPS) is 28.7. The van der Waals surface area contributed by atoms with Crippen molar-refractivity contribution in [3.05, 3.63) is 11.1 Å². The lowest BCUT2D eigenvalue weighted by atomic mass is 10.0. The Morgan fingerprint density at radius 3 is 2.73 bits per heavy atom. The second-order valence-electron chi connectivity index (χ2n) is 2.72. The Hall–Kier alpha value is -0.830. The minimum Gasteiger partial charge on any atom is -0.478 e. The van der Waals surface area contributed by atoms with Crippen LogP contribution in [0.25, 0.3) is 0 Å². The molecule has 3 heteroatoms. The van der Waals surface area contributed by atoms with E-state index < -0.39 is 5.97 Å². The fraction of sp³-hybridized carbons (Fsp3) is 0.625. The molecule has 1 rings (SSSR count). The van der Waals surface area contributed by atoms with Crippen LogP contribution < -0.4 is 0 Å². The average Bonchev–Trinajstić information content (AvgIpc) is 2.33. The third-order valence-corrected chi connectivity index (χ3v) is 2.03. The van der Waals surface area contributed by atoms with Gasteiger partial charge in [0.1, 0.15) is 0 Å². The van der Waals surface area contributed by atoms with Gasteiger partial charge in [0.25, 0.3) is 0 Å². The summed E-state index contributed by atoms with van der Waals surface area (Å²) in [5.74, 6) is -0.836. The van der Waals surface area contributed by atoms with E-state index in [-0.39, 0.29) is 6.10 Å². The molecule has 1 fully saturated rings. The molecule has 0 spiro atoms. The van der Waals surface area contributed by atoms with E-state index in [1.54, 1.807) is 6.92 Å². The van der Waals surface area contributed by atoms with Crippen LogP contribution in [-0.4, -0.2) is 23.8 Å². The Balaban J connectivity index is 2.85. The van der Waals surface area contributed by atoms with E-state index in [1.165, 1.54) is 0 Å². The third-order valence-electron chi connectivity index (χ3n) is 2.03. The predicted octanol–water partition coefficient (Wildman–Crippen LogP) is 1.20. The third kappa shape index (κ3) is 1.60. The van der Waals surface area contributed by atoms with Crippen molar-refractivity contribution in [2.45, 2.75) is 26.4 Å². The van der Waals surface area contributed by atoms with Crippen molar-refractivity contribution in [2.75, 3.05) is 6.61 Å². The van der Waals surface area contributed by atoms with E-state index >= 15 is 0 Å². The Labute approximate surface area is 65.7 Å². The summed E-state index contributed by atoms with van der Waals surface area (Å²) >= 11 is 0. The quantitative estimate of drug-likeness (QED) is 0.580. The van der Waals surface area contributed by atoms with E-state index in [0.717, 1.165) is 12.0 Å². The lowest BCUT2D eigenvalue weighted by Gasteiger charge is -2.05. The maximum atomic E-state index is 10.5. The van der Waals surface area contributed by atoms with Crippen molar-refractivity contribution in [3.63, 3.8) is 0 Å². The fourth-order valence-electron chi connectivity index (χ4n) is 1.28. The Morgan fingerprint density at radius 1 is 1.73 bits per heavy atom. The number of rotatable bonds is 1. The number of hydrogen-bond acceptors (Lipinski definition) is 2. The van der Waals surface area contributed by atoms with Crippen LogP contribution in [0.5, 0.6) is 0 Å². The maximum absolute atomic E-state index is 10.5. The van der Waals surface area contributed by atoms with Gasteiger partial charge in [-0.15, -0.1) is 0 Å². The summed E-state index contributed by atoms with van der Waals surface area (Å²) in [6.07, 6.45) is 0.755. The number of carboxylic acid groups (broad SMARTS) is 1. The van der Waals surface area contributed by atoms with Crippen LogP contribution in [0, 0.1) is 0 Å². The first-order valence-electron chi connectivity index (χ1n) is 3.67. The SMILES string of the molecule is C/C(C(=O)O)=C1/CCOC1C. The van der Waals surface area contributed by atoms with Gasteiger partial charge in [0, 0.05) is 5.57 Å². The summed E-state index contributed by atoms with van der Waals surface area (Å²) in [5.41, 5.74) is 1.37. The topological polar surface area (TPSA) is 46.5 Å². The van der Waals surface area contributed by atoms with E-state index in [1.807, 2.05) is 6.92 Å². The summed E-state index contributed by atoms with van der Waals surface area (Å²) < 4.78 is 5.22. The van der Waals surface area contributed by atoms with E-state index in [0.29, 0.717) is 12.2 Å². The van der Waals surface area contributed by atoms with Gasteiger partial charge in [-0.1, -0.05) is 0 Å². The second kappa shape index (κ2) is 3.05. The average molecular weight is 156 g/mol. The molecule has 1 aliphatic rings. The van der Waals surface area contributed by atoms with E-state index in [2.05, 4.69) is 0 Å². The fourth-order valence-corrected chi connectivity index (χ4v) is 1.28. The van der Waals surface area contributed by atoms with E-state index in [9.17, 15) is 4.79 Å². The zero-order valence-corrected chi connectivity index (χ0v) is 6.76. The lowest BCUT2D eigenvalue weighted by molar-refractivity contribution is -0.132. The van der Waals surface area contributed by atoms with Crippen molar-refractivity contribution in [3.8, 4) is 0 Å². The minimum absolute atomic E-state index is 0.00824. The number of aliphatic carboxylic acids is 1. The summed E-state index contributed by atoms with van der Waals surface area (Å²) in [5, 5.41) is 8.65. The molecule has 0 aromatic rings. The first-order chi connectivity index (χ1) is 5.13. The van der Waals surface area contributed by atoms with Gasteiger partial charge in [-0.25, -0.2) is 4.79 Å². The van der Waals surface area contributed by atoms with Gasteiger partial charge < -0.3 is 9.84 Å². The zero-order valence-electron chi connectivity index (χ0n) is 6.76. The van der Waals surface area contributed by atoms with Crippen LogP contribution in [0.4, 0.5) is 0 Å². The molecule has 1 aliphatic heterocycles. The molecular formula is C8H12O3. The molecular weight excluding hydrogens is 144 g/mol. The van der Waals surface area contributed by atoms with Crippen LogP contribution >= 0.6 is 0 Å². The standard InChI is InChI=1S/C8H12O3/c1-5(8(9)10)7-3-4-11-6(7)2/h6H,3-4H2,1-2H3,(H,9,10)/b7-5+. The van der Waals surface area contributed by atoms with Gasteiger partial charge >= 0.3 is 5.97 Å². The first kappa shape index (κ1) is 8.27. The first-order valence-corrected chi connectivity index (χ1v) is 3.67. The van der Waals surface area contributed by atoms with E-state index in [4.69, 9.17) is 9.84 Å². The highest BCUT2D eigenvalue weighted by Crippen LogP contribution is 2.22. The monoisotopic (exact) mass is 156 g/mol. The predicted molar refractivity (Wildman–Crippen MR) is 40.4 cm³/mol. The Bertz CT molecular complexity index is 205. The Morgan fingerprint density at radius 2 is 2.36 bits per heavy atom. The second-order valence-corrected chi connectivity index (χ2v) is 2.72. The van der Waals surface area contributed by atoms with Crippen LogP contribution in [0.15, 0.2) is 11.1 Å². The number of hydrogen-bond donors (Lipinski definition) is 1. The zero-order chi connectivity index (χ0) is 8.43. The number of carbonyl (C=O) groups is 1. The summed E-state index contributed by atoms with van der Waals surface area (Å²) in [6.45, 7) is 4.17. The van der Waals surface area contributed by atoms with Crippen molar-refractivity contribution in [2.24, 2.45) is 0 Å². The van der Waals surface area contributed by atoms with Crippen LogP contribution in [0.1, 0.15) is 20.3 Å². The molecule has 62 valence electrons. The van der Waals surface area contributed by atoms with Crippen molar-refractivity contribution in [1.29, 1.82) is 0 Å². The molecule has 3 nitrogen and oxygen atoms in total. The smallest absolute Gasteiger partial charge is 0.331 e. The van der Waals surface area contributed by atoms with Crippen LogP contribution in [0.3, 0.4) is 0 Å². The highest BCUT2D eigenvalue weighted by Gasteiger charge is 2.21. The summed E-state index contributed by atoms with van der Waals surface area (Å²) in [4.78, 5) is 10.5. The summed E-state index contributed by atoms with van der Waals surface area (Å²) in [7, 11) is 0. The molecule has 0 bridgehead atoms. The molecule has 1 saturated heterocycles. The molecule has 1 unspecified atom stereocenters. The molecule has 0 aromatic heterocycles. The number of carboxylic acids is 1. The Kier molecular flexibility index (Phi) is 2.29. The summed E-state index contributed by atoms with van der Waals surface area (Å²) in [6, 6.07) is 0. The molecule has 0 aliphatic carbocycles. The molecule has 1 atom stereocenters. The van der Waals surface area contributed by atoms with Crippen molar-refractivity contribution < 1.29 is 14.6 Å². The van der Waals surface area contributed by atoms with Crippen LogP contribution in [-0.2, 0) is 9.53 Å². The lowest BCUT2D eigenvalue weighted by Crippen LogP contribution is -2.07.